The minimum atomic E-state index is -2.18. The number of allylic oxidation sites excluding steroid dienone is 2. The quantitative estimate of drug-likeness (QED) is 0.124. The summed E-state index contributed by atoms with van der Waals surface area (Å²) in [6.07, 6.45) is 9.09. The van der Waals surface area contributed by atoms with Crippen molar-refractivity contribution in [1.29, 1.82) is 0 Å². The van der Waals surface area contributed by atoms with Crippen molar-refractivity contribution in [3.63, 3.8) is 0 Å². The lowest BCUT2D eigenvalue weighted by atomic mass is 9.92. The number of ether oxygens (including phenoxy) is 5. The number of hydrogen-bond acceptors (Lipinski definition) is 7. The number of rotatable bonds is 14. The molecule has 0 aliphatic carbocycles. The minimum absolute atomic E-state index is 0.00456. The molecule has 1 aliphatic rings. The summed E-state index contributed by atoms with van der Waals surface area (Å²) in [5, 5.41) is 0.00456. The number of esters is 1. The molecule has 5 atom stereocenters. The van der Waals surface area contributed by atoms with Crippen LogP contribution >= 0.6 is 15.9 Å². The smallest absolute Gasteiger partial charge is 0.311 e. The van der Waals surface area contributed by atoms with Crippen LogP contribution in [0.3, 0.4) is 0 Å². The van der Waals surface area contributed by atoms with Crippen LogP contribution in [0, 0.1) is 0 Å². The second-order valence-corrected chi connectivity index (χ2v) is 16.3. The lowest BCUT2D eigenvalue weighted by molar-refractivity contribution is -0.297. The fourth-order valence-electron chi connectivity index (χ4n) is 3.94. The van der Waals surface area contributed by atoms with Crippen LogP contribution in [0.2, 0.25) is 18.1 Å². The molecule has 0 aromatic rings. The fraction of sp³-hybridized carbons (Fsp3) is 0.750. The molecule has 0 saturated carbocycles. The largest absolute Gasteiger partial charge is 0.466 e. The maximum atomic E-state index is 12.4. The van der Waals surface area contributed by atoms with Crippen molar-refractivity contribution in [3.8, 4) is 0 Å². The molecule has 7 nitrogen and oxygen atoms in total. The molecule has 214 valence electrons. The first-order valence-corrected chi connectivity index (χ1v) is 16.8. The summed E-state index contributed by atoms with van der Waals surface area (Å²) in [6, 6.07) is 0. The Kier molecular flexibility index (Phi) is 14.5. The zero-order valence-corrected chi connectivity index (χ0v) is 27.1. The Morgan fingerprint density at radius 3 is 2.43 bits per heavy atom. The summed E-state index contributed by atoms with van der Waals surface area (Å²) in [5.74, 6) is -1.51. The third-order valence-corrected chi connectivity index (χ3v) is 12.0. The van der Waals surface area contributed by atoms with Crippen LogP contribution in [-0.4, -0.2) is 72.4 Å². The van der Waals surface area contributed by atoms with Gasteiger partial charge in [-0.25, -0.2) is 0 Å². The lowest BCUT2D eigenvalue weighted by Gasteiger charge is -2.47. The van der Waals surface area contributed by atoms with Crippen LogP contribution in [0.5, 0.6) is 0 Å². The van der Waals surface area contributed by atoms with E-state index in [2.05, 4.69) is 61.9 Å². The number of carbonyl (C=O) groups excluding carboxylic acids is 1. The van der Waals surface area contributed by atoms with Gasteiger partial charge in [-0.2, -0.15) is 0 Å². The van der Waals surface area contributed by atoms with Gasteiger partial charge in [0, 0.05) is 34.2 Å². The summed E-state index contributed by atoms with van der Waals surface area (Å²) in [7, 11) is 2.76. The van der Waals surface area contributed by atoms with Crippen LogP contribution in [-0.2, 0) is 32.9 Å². The van der Waals surface area contributed by atoms with Gasteiger partial charge in [-0.05, 0) is 43.4 Å². The van der Waals surface area contributed by atoms with E-state index in [4.69, 9.17) is 28.1 Å². The van der Waals surface area contributed by atoms with E-state index in [9.17, 15) is 4.79 Å². The van der Waals surface area contributed by atoms with Gasteiger partial charge in [0.25, 0.3) is 0 Å². The first kappa shape index (κ1) is 34.2. The van der Waals surface area contributed by atoms with Gasteiger partial charge >= 0.3 is 5.97 Å². The average molecular weight is 606 g/mol. The summed E-state index contributed by atoms with van der Waals surface area (Å²) in [4.78, 5) is 14.3. The Bertz CT molecular complexity index is 790. The first-order valence-electron chi connectivity index (χ1n) is 13.0. The monoisotopic (exact) mass is 604 g/mol. The highest BCUT2D eigenvalue weighted by molar-refractivity contribution is 9.11. The SMILES string of the molecule is CCOC(=O)C[C@]1(OC)C[C@H](OC)C[C@H]([C@@H](/C=C(C)/C=C/[C@@H](C/C=C/Br)OC)O[Si](C)(C)C(C)(C)C)O1. The lowest BCUT2D eigenvalue weighted by Crippen LogP contribution is -2.55. The molecular formula is C28H49BrO7Si. The standard InChI is InChI=1S/C28H49BrO7Si/c1-11-34-26(30)20-28(33-8)19-23(32-7)18-24(35-28)25(36-37(9,10)27(3,4)5)17-21(2)14-15-22(31-6)13-12-16-29/h12,14-17,22-25H,11,13,18-20H2,1-10H3/b15-14+,16-12+,21-17+/t22-,23-,24-,25-,28+/m1/s1. The van der Waals surface area contributed by atoms with Crippen molar-refractivity contribution in [3.05, 3.63) is 34.9 Å². The van der Waals surface area contributed by atoms with E-state index < -0.39 is 14.1 Å². The van der Waals surface area contributed by atoms with E-state index in [-0.39, 0.29) is 41.8 Å². The molecule has 0 spiro atoms. The van der Waals surface area contributed by atoms with Crippen molar-refractivity contribution in [1.82, 2.24) is 0 Å². The van der Waals surface area contributed by atoms with Gasteiger partial charge in [0.05, 0.1) is 37.4 Å². The normalized spacial score (nSPS) is 25.5. The highest BCUT2D eigenvalue weighted by Crippen LogP contribution is 2.41. The molecular weight excluding hydrogens is 556 g/mol. The fourth-order valence-corrected chi connectivity index (χ4v) is 5.41. The molecule has 37 heavy (non-hydrogen) atoms. The van der Waals surface area contributed by atoms with Gasteiger partial charge in [-0.3, -0.25) is 4.79 Å². The predicted molar refractivity (Wildman–Crippen MR) is 154 cm³/mol. The van der Waals surface area contributed by atoms with Crippen molar-refractivity contribution in [2.24, 2.45) is 0 Å². The molecule has 1 rings (SSSR count). The molecule has 1 aliphatic heterocycles. The zero-order chi connectivity index (χ0) is 28.3. The topological polar surface area (TPSA) is 72.5 Å². The van der Waals surface area contributed by atoms with Gasteiger partial charge in [-0.1, -0.05) is 66.6 Å². The van der Waals surface area contributed by atoms with Gasteiger partial charge in [0.2, 0.25) is 0 Å². The molecule has 1 fully saturated rings. The summed E-state index contributed by atoms with van der Waals surface area (Å²) >= 11 is 3.31. The molecule has 9 heteroatoms. The molecule has 1 saturated heterocycles. The molecule has 0 bridgehead atoms. The Morgan fingerprint density at radius 2 is 1.92 bits per heavy atom. The molecule has 0 aromatic heterocycles. The van der Waals surface area contributed by atoms with Gasteiger partial charge in [-0.15, -0.1) is 0 Å². The van der Waals surface area contributed by atoms with E-state index >= 15 is 0 Å². The molecule has 0 amide bonds. The van der Waals surface area contributed by atoms with E-state index in [1.807, 2.05) is 24.1 Å². The van der Waals surface area contributed by atoms with Crippen molar-refractivity contribution in [2.45, 2.75) is 109 Å². The van der Waals surface area contributed by atoms with Gasteiger partial charge < -0.3 is 28.1 Å². The van der Waals surface area contributed by atoms with Crippen molar-refractivity contribution < 1.29 is 32.9 Å². The molecule has 0 unspecified atom stereocenters. The number of halogens is 1. The van der Waals surface area contributed by atoms with Crippen LogP contribution in [0.15, 0.2) is 34.9 Å². The number of methoxy groups -OCH3 is 3. The number of carbonyl (C=O) groups is 1. The summed E-state index contributed by atoms with van der Waals surface area (Å²) < 4.78 is 35.9. The number of hydrogen-bond donors (Lipinski definition) is 0. The highest BCUT2D eigenvalue weighted by Gasteiger charge is 2.48. The van der Waals surface area contributed by atoms with Crippen LogP contribution in [0.1, 0.15) is 60.3 Å². The Labute approximate surface area is 234 Å². The van der Waals surface area contributed by atoms with E-state index in [0.717, 1.165) is 12.0 Å². The third kappa shape index (κ3) is 11.1. The zero-order valence-electron chi connectivity index (χ0n) is 24.5. The molecule has 1 heterocycles. The van der Waals surface area contributed by atoms with E-state index in [0.29, 0.717) is 19.4 Å². The van der Waals surface area contributed by atoms with Crippen molar-refractivity contribution >= 4 is 30.2 Å². The minimum Gasteiger partial charge on any atom is -0.466 e. The third-order valence-electron chi connectivity index (χ3n) is 7.19. The van der Waals surface area contributed by atoms with E-state index in [1.165, 1.54) is 0 Å². The van der Waals surface area contributed by atoms with Crippen LogP contribution < -0.4 is 0 Å². The first-order chi connectivity index (χ1) is 17.3. The van der Waals surface area contributed by atoms with Crippen LogP contribution in [0.4, 0.5) is 0 Å². The molecule has 0 radical (unpaired) electrons. The predicted octanol–water partition coefficient (Wildman–Crippen LogP) is 6.68. The van der Waals surface area contributed by atoms with Crippen LogP contribution in [0.25, 0.3) is 0 Å². The average Bonchev–Trinajstić information content (AvgIpc) is 2.82. The van der Waals surface area contributed by atoms with Gasteiger partial charge in [0.1, 0.15) is 0 Å². The van der Waals surface area contributed by atoms with Gasteiger partial charge in [0.15, 0.2) is 14.1 Å². The van der Waals surface area contributed by atoms with Crippen molar-refractivity contribution in [2.75, 3.05) is 27.9 Å². The highest BCUT2D eigenvalue weighted by atomic mass is 79.9. The Hall–Kier alpha value is -0.813. The maximum Gasteiger partial charge on any atom is 0.311 e. The molecule has 0 N–H and O–H groups in total. The Morgan fingerprint density at radius 1 is 1.24 bits per heavy atom. The maximum absolute atomic E-state index is 12.4. The van der Waals surface area contributed by atoms with E-state index in [1.54, 1.807) is 28.3 Å². The summed E-state index contributed by atoms with van der Waals surface area (Å²) in [5.41, 5.74) is 1.03. The Balaban J connectivity index is 3.39. The summed E-state index contributed by atoms with van der Waals surface area (Å²) in [6.45, 7) is 15.2. The molecule has 0 aromatic carbocycles. The second kappa shape index (κ2) is 15.7. The second-order valence-electron chi connectivity index (χ2n) is 11.0.